The fourth-order valence-corrected chi connectivity index (χ4v) is 3.10. The second kappa shape index (κ2) is 7.27. The van der Waals surface area contributed by atoms with Crippen LogP contribution in [0.2, 0.25) is 10.2 Å². The van der Waals surface area contributed by atoms with Crippen molar-refractivity contribution < 1.29 is 13.2 Å². The fraction of sp³-hybridized carbons (Fsp3) is 0.143. The minimum atomic E-state index is -3.83. The molecule has 0 fully saturated rings. The summed E-state index contributed by atoms with van der Waals surface area (Å²) in [7, 11) is -2.53. The summed E-state index contributed by atoms with van der Waals surface area (Å²) < 4.78 is 25.6. The normalized spacial score (nSPS) is 11.5. The first-order valence-corrected chi connectivity index (χ1v) is 8.62. The summed E-state index contributed by atoms with van der Waals surface area (Å²) in [5, 5.41) is 3.11. The lowest BCUT2D eigenvalue weighted by atomic mass is 10.3. The van der Waals surface area contributed by atoms with Gasteiger partial charge in [-0.15, -0.1) is 0 Å². The van der Waals surface area contributed by atoms with Crippen molar-refractivity contribution in [2.24, 2.45) is 0 Å². The Balaban J connectivity index is 2.08. The maximum absolute atomic E-state index is 12.3. The minimum absolute atomic E-state index is 0.0463. The lowest BCUT2D eigenvalue weighted by Crippen LogP contribution is -2.35. The van der Waals surface area contributed by atoms with E-state index in [1.165, 1.54) is 19.2 Å². The van der Waals surface area contributed by atoms with Gasteiger partial charge in [-0.3, -0.25) is 4.79 Å². The van der Waals surface area contributed by atoms with Crippen LogP contribution in [0.1, 0.15) is 0 Å². The van der Waals surface area contributed by atoms with Crippen molar-refractivity contribution in [2.75, 3.05) is 18.9 Å². The summed E-state index contributed by atoms with van der Waals surface area (Å²) in [4.78, 5) is 15.7. The molecule has 0 aliphatic carbocycles. The predicted octanol–water partition coefficient (Wildman–Crippen LogP) is 2.65. The van der Waals surface area contributed by atoms with Crippen LogP contribution in [0.3, 0.4) is 0 Å². The lowest BCUT2D eigenvalue weighted by molar-refractivity contribution is -0.116. The molecule has 0 bridgehead atoms. The van der Waals surface area contributed by atoms with E-state index >= 15 is 0 Å². The number of anilines is 1. The Labute approximate surface area is 144 Å². The van der Waals surface area contributed by atoms with Crippen LogP contribution in [0, 0.1) is 0 Å². The molecule has 0 radical (unpaired) electrons. The van der Waals surface area contributed by atoms with Crippen LogP contribution in [0.15, 0.2) is 47.5 Å². The third kappa shape index (κ3) is 4.42. The van der Waals surface area contributed by atoms with E-state index in [0.717, 1.165) is 10.5 Å². The van der Waals surface area contributed by atoms with Crippen molar-refractivity contribution in [3.05, 3.63) is 52.8 Å². The molecule has 1 amide bonds. The number of carbonyl (C=O) groups is 1. The van der Waals surface area contributed by atoms with E-state index in [0.29, 0.717) is 10.7 Å². The summed E-state index contributed by atoms with van der Waals surface area (Å²) in [5.41, 5.74) is 0.415. The number of likely N-dealkylation sites (N-methyl/N-ethyl adjacent to an activating group) is 1. The molecule has 1 aromatic carbocycles. The van der Waals surface area contributed by atoms with Crippen LogP contribution in [0.4, 0.5) is 5.69 Å². The number of para-hydroxylation sites is 1. The van der Waals surface area contributed by atoms with Crippen LogP contribution in [-0.2, 0) is 14.8 Å². The molecule has 6 nitrogen and oxygen atoms in total. The van der Waals surface area contributed by atoms with Crippen LogP contribution < -0.4 is 5.32 Å². The molecule has 2 aromatic rings. The minimum Gasteiger partial charge on any atom is -0.324 e. The van der Waals surface area contributed by atoms with Crippen LogP contribution in [0.5, 0.6) is 0 Å². The highest BCUT2D eigenvalue weighted by molar-refractivity contribution is 7.89. The van der Waals surface area contributed by atoms with Gasteiger partial charge in [-0.1, -0.05) is 35.3 Å². The number of halogens is 2. The highest BCUT2D eigenvalue weighted by atomic mass is 35.5. The molecular formula is C14H13Cl2N3O3S. The number of amides is 1. The molecule has 0 saturated heterocycles. The fourth-order valence-electron chi connectivity index (χ4n) is 1.73. The first kappa shape index (κ1) is 17.7. The average molecular weight is 374 g/mol. The number of hydrogen-bond acceptors (Lipinski definition) is 4. The van der Waals surface area contributed by atoms with Crippen molar-refractivity contribution in [1.82, 2.24) is 9.29 Å². The van der Waals surface area contributed by atoms with Gasteiger partial charge in [0, 0.05) is 13.2 Å². The summed E-state index contributed by atoms with van der Waals surface area (Å²) in [6.45, 7) is -0.365. The highest BCUT2D eigenvalue weighted by Crippen LogP contribution is 2.20. The van der Waals surface area contributed by atoms with E-state index in [1.807, 2.05) is 0 Å². The molecule has 23 heavy (non-hydrogen) atoms. The van der Waals surface area contributed by atoms with E-state index in [1.54, 1.807) is 24.3 Å². The zero-order valence-corrected chi connectivity index (χ0v) is 14.4. The van der Waals surface area contributed by atoms with Crippen molar-refractivity contribution in [1.29, 1.82) is 0 Å². The maximum Gasteiger partial charge on any atom is 0.244 e. The molecule has 0 spiro atoms. The Morgan fingerprint density at radius 3 is 2.52 bits per heavy atom. The topological polar surface area (TPSA) is 79.4 Å². The summed E-state index contributed by atoms with van der Waals surface area (Å²) >= 11 is 11.6. The number of rotatable bonds is 5. The van der Waals surface area contributed by atoms with Gasteiger partial charge in [-0.2, -0.15) is 4.31 Å². The van der Waals surface area contributed by atoms with Gasteiger partial charge in [-0.25, -0.2) is 13.4 Å². The second-order valence-corrected chi connectivity index (χ2v) is 7.45. The summed E-state index contributed by atoms with van der Waals surface area (Å²) in [6.07, 6.45) is 1.14. The Morgan fingerprint density at radius 2 is 1.91 bits per heavy atom. The van der Waals surface area contributed by atoms with Gasteiger partial charge in [0.25, 0.3) is 0 Å². The number of nitrogens with one attached hydrogen (secondary N) is 1. The molecule has 0 saturated carbocycles. The van der Waals surface area contributed by atoms with Crippen LogP contribution in [-0.4, -0.2) is 37.2 Å². The van der Waals surface area contributed by atoms with Gasteiger partial charge in [-0.05, 0) is 24.3 Å². The molecule has 0 unspecified atom stereocenters. The number of sulfonamides is 1. The van der Waals surface area contributed by atoms with E-state index in [4.69, 9.17) is 23.2 Å². The van der Waals surface area contributed by atoms with Crippen molar-refractivity contribution >= 4 is 44.8 Å². The highest BCUT2D eigenvalue weighted by Gasteiger charge is 2.23. The maximum atomic E-state index is 12.3. The zero-order valence-electron chi connectivity index (χ0n) is 12.0. The molecule has 0 aliphatic rings. The third-order valence-electron chi connectivity index (χ3n) is 2.92. The van der Waals surface area contributed by atoms with Crippen LogP contribution >= 0.6 is 23.2 Å². The van der Waals surface area contributed by atoms with Gasteiger partial charge in [0.1, 0.15) is 10.0 Å². The Morgan fingerprint density at radius 1 is 1.22 bits per heavy atom. The molecule has 122 valence electrons. The van der Waals surface area contributed by atoms with E-state index in [-0.39, 0.29) is 16.6 Å². The molecule has 2 rings (SSSR count). The number of hydrogen-bond donors (Lipinski definition) is 1. The van der Waals surface area contributed by atoms with Gasteiger partial charge in [0.15, 0.2) is 0 Å². The van der Waals surface area contributed by atoms with Crippen LogP contribution in [0.25, 0.3) is 0 Å². The number of benzene rings is 1. The van der Waals surface area contributed by atoms with Crippen molar-refractivity contribution in [2.45, 2.75) is 4.90 Å². The average Bonchev–Trinajstić information content (AvgIpc) is 2.50. The first-order valence-electron chi connectivity index (χ1n) is 6.43. The molecule has 1 aromatic heterocycles. The van der Waals surface area contributed by atoms with Crippen molar-refractivity contribution in [3.63, 3.8) is 0 Å². The Bertz CT molecular complexity index is 810. The smallest absolute Gasteiger partial charge is 0.244 e. The van der Waals surface area contributed by atoms with Gasteiger partial charge in [0.05, 0.1) is 17.3 Å². The second-order valence-electron chi connectivity index (χ2n) is 4.61. The molecule has 1 N–H and O–H groups in total. The van der Waals surface area contributed by atoms with Gasteiger partial charge < -0.3 is 5.32 Å². The van der Waals surface area contributed by atoms with Gasteiger partial charge >= 0.3 is 0 Å². The SMILES string of the molecule is CN(CC(=O)Nc1ccccc1Cl)S(=O)(=O)c1ccc(Cl)nc1. The molecule has 9 heteroatoms. The van der Waals surface area contributed by atoms with E-state index in [9.17, 15) is 13.2 Å². The first-order chi connectivity index (χ1) is 10.8. The quantitative estimate of drug-likeness (QED) is 0.816. The monoisotopic (exact) mass is 373 g/mol. The lowest BCUT2D eigenvalue weighted by Gasteiger charge is -2.17. The number of pyridine rings is 1. The van der Waals surface area contributed by atoms with Gasteiger partial charge in [0.2, 0.25) is 15.9 Å². The molecule has 0 atom stereocenters. The number of nitrogens with zero attached hydrogens (tertiary/aromatic N) is 2. The summed E-state index contributed by atoms with van der Waals surface area (Å²) in [5.74, 6) is -0.508. The summed E-state index contributed by atoms with van der Waals surface area (Å²) in [6, 6.07) is 9.37. The van der Waals surface area contributed by atoms with Crippen molar-refractivity contribution in [3.8, 4) is 0 Å². The molecular weight excluding hydrogens is 361 g/mol. The molecule has 1 heterocycles. The largest absolute Gasteiger partial charge is 0.324 e. The zero-order chi connectivity index (χ0) is 17.0. The Kier molecular flexibility index (Phi) is 5.59. The predicted molar refractivity (Wildman–Crippen MR) is 89.1 cm³/mol. The van der Waals surface area contributed by atoms with E-state index < -0.39 is 15.9 Å². The molecule has 0 aliphatic heterocycles. The third-order valence-corrected chi connectivity index (χ3v) is 5.26. The number of carbonyl (C=O) groups excluding carboxylic acids is 1. The number of aromatic nitrogens is 1. The Hall–Kier alpha value is -1.67. The standard InChI is InChI=1S/C14H13Cl2N3O3S/c1-19(23(21,22)10-6-7-13(16)17-8-10)9-14(20)18-12-5-3-2-4-11(12)15/h2-8H,9H2,1H3,(H,18,20). The van der Waals surface area contributed by atoms with E-state index in [2.05, 4.69) is 10.3 Å².